The minimum atomic E-state index is -0.121. The number of furan rings is 1. The molecule has 0 aliphatic carbocycles. The first-order valence-electron chi connectivity index (χ1n) is 11.3. The molecule has 1 fully saturated rings. The van der Waals surface area contributed by atoms with Gasteiger partial charge in [0, 0.05) is 12.1 Å². The van der Waals surface area contributed by atoms with Gasteiger partial charge in [0.25, 0.3) is 11.6 Å². The fraction of sp³-hybridized carbons (Fsp3) is 0.542. The predicted molar refractivity (Wildman–Crippen MR) is 120 cm³/mol. The second-order valence-electron chi connectivity index (χ2n) is 8.82. The second kappa shape index (κ2) is 9.22. The Balaban J connectivity index is 1.42. The van der Waals surface area contributed by atoms with Gasteiger partial charge in [0.15, 0.2) is 0 Å². The molecular weight excluding hydrogens is 392 g/mol. The molecule has 7 nitrogen and oxygen atoms in total. The number of aromatic nitrogens is 2. The predicted octanol–water partition coefficient (Wildman–Crippen LogP) is 4.65. The Morgan fingerprint density at radius 1 is 1.19 bits per heavy atom. The summed E-state index contributed by atoms with van der Waals surface area (Å²) in [5.74, 6) is 2.30. The fourth-order valence-electron chi connectivity index (χ4n) is 4.34. The number of rotatable bonds is 7. The molecule has 3 aromatic heterocycles. The molecule has 31 heavy (non-hydrogen) atoms. The van der Waals surface area contributed by atoms with Crippen molar-refractivity contribution in [2.24, 2.45) is 5.92 Å². The van der Waals surface area contributed by atoms with Gasteiger partial charge in [-0.05, 0) is 84.1 Å². The molecule has 166 valence electrons. The van der Waals surface area contributed by atoms with Crippen LogP contribution in [0.3, 0.4) is 0 Å². The van der Waals surface area contributed by atoms with E-state index in [1.165, 1.54) is 25.9 Å². The summed E-state index contributed by atoms with van der Waals surface area (Å²) in [7, 11) is 0. The molecule has 1 saturated heterocycles. The summed E-state index contributed by atoms with van der Waals surface area (Å²) in [5, 5.41) is 7.76. The maximum absolute atomic E-state index is 13.0. The number of nitrogens with zero attached hydrogens (tertiary/aromatic N) is 3. The number of aryl methyl sites for hydroxylation is 3. The van der Waals surface area contributed by atoms with Crippen LogP contribution in [0, 0.1) is 26.7 Å². The van der Waals surface area contributed by atoms with E-state index in [0.717, 1.165) is 42.4 Å². The van der Waals surface area contributed by atoms with Gasteiger partial charge < -0.3 is 19.2 Å². The number of piperidine rings is 1. The number of amides is 1. The molecule has 0 unspecified atom stereocenters. The molecule has 1 N–H and O–H groups in total. The average molecular weight is 425 g/mol. The van der Waals surface area contributed by atoms with Crippen molar-refractivity contribution in [1.82, 2.24) is 20.4 Å². The standard InChI is InChI=1S/C24H32N4O3/c1-15-7-11-28(12-8-15)10-6-5-9-25-23(29)20-14-21(19-13-16(2)30-18(19)4)26-24-22(20)17(3)27-31-24/h13-15H,5-12H2,1-4H3,(H,25,29). The van der Waals surface area contributed by atoms with E-state index in [4.69, 9.17) is 8.94 Å². The quantitative estimate of drug-likeness (QED) is 0.556. The third-order valence-electron chi connectivity index (χ3n) is 6.24. The summed E-state index contributed by atoms with van der Waals surface area (Å²) in [6.45, 7) is 12.1. The molecule has 0 saturated carbocycles. The number of pyridine rings is 1. The van der Waals surface area contributed by atoms with Gasteiger partial charge in [-0.2, -0.15) is 0 Å². The molecule has 0 radical (unpaired) electrons. The normalized spacial score (nSPS) is 15.6. The van der Waals surface area contributed by atoms with Gasteiger partial charge in [0.05, 0.1) is 22.3 Å². The van der Waals surface area contributed by atoms with Crippen molar-refractivity contribution in [3.05, 3.63) is 34.9 Å². The zero-order valence-corrected chi connectivity index (χ0v) is 19.0. The Kier molecular flexibility index (Phi) is 6.41. The van der Waals surface area contributed by atoms with Crippen LogP contribution < -0.4 is 5.32 Å². The van der Waals surface area contributed by atoms with Gasteiger partial charge >= 0.3 is 0 Å². The monoisotopic (exact) mass is 424 g/mol. The Morgan fingerprint density at radius 3 is 2.68 bits per heavy atom. The van der Waals surface area contributed by atoms with Crippen LogP contribution >= 0.6 is 0 Å². The van der Waals surface area contributed by atoms with E-state index >= 15 is 0 Å². The maximum Gasteiger partial charge on any atom is 0.259 e. The number of carbonyl (C=O) groups excluding carboxylic acids is 1. The molecule has 1 amide bonds. The van der Waals surface area contributed by atoms with E-state index in [2.05, 4.69) is 27.3 Å². The van der Waals surface area contributed by atoms with Crippen LogP contribution in [0.15, 0.2) is 21.1 Å². The van der Waals surface area contributed by atoms with Gasteiger partial charge in [-0.25, -0.2) is 4.98 Å². The first-order chi connectivity index (χ1) is 14.9. The summed E-state index contributed by atoms with van der Waals surface area (Å²) in [5.41, 5.74) is 3.10. The Labute approximate surface area is 183 Å². The molecule has 3 aromatic rings. The minimum absolute atomic E-state index is 0.121. The zero-order valence-electron chi connectivity index (χ0n) is 19.0. The number of hydrogen-bond donors (Lipinski definition) is 1. The lowest BCUT2D eigenvalue weighted by molar-refractivity contribution is 0.0953. The van der Waals surface area contributed by atoms with Gasteiger partial charge in [-0.3, -0.25) is 4.79 Å². The molecule has 4 rings (SSSR count). The molecule has 0 bridgehead atoms. The van der Waals surface area contributed by atoms with Crippen molar-refractivity contribution < 1.29 is 13.7 Å². The lowest BCUT2D eigenvalue weighted by Gasteiger charge is -2.30. The fourth-order valence-corrected chi connectivity index (χ4v) is 4.34. The van der Waals surface area contributed by atoms with E-state index in [0.29, 0.717) is 34.6 Å². The Bertz CT molecular complexity index is 1060. The number of unbranched alkanes of at least 4 members (excludes halogenated alkanes) is 1. The van der Waals surface area contributed by atoms with Crippen molar-refractivity contribution in [1.29, 1.82) is 0 Å². The number of fused-ring (bicyclic) bond motifs is 1. The number of hydrogen-bond acceptors (Lipinski definition) is 6. The van der Waals surface area contributed by atoms with Crippen molar-refractivity contribution in [3.8, 4) is 11.3 Å². The lowest BCUT2D eigenvalue weighted by Crippen LogP contribution is -2.34. The summed E-state index contributed by atoms with van der Waals surface area (Å²) >= 11 is 0. The average Bonchev–Trinajstić information content (AvgIpc) is 3.29. The first-order valence-corrected chi connectivity index (χ1v) is 11.3. The summed E-state index contributed by atoms with van der Waals surface area (Å²) in [6.07, 6.45) is 4.64. The van der Waals surface area contributed by atoms with Crippen molar-refractivity contribution in [2.75, 3.05) is 26.2 Å². The van der Waals surface area contributed by atoms with E-state index in [1.54, 1.807) is 0 Å². The van der Waals surface area contributed by atoms with Gasteiger partial charge in [-0.15, -0.1) is 0 Å². The van der Waals surface area contributed by atoms with Crippen LogP contribution in [0.2, 0.25) is 0 Å². The third-order valence-corrected chi connectivity index (χ3v) is 6.24. The van der Waals surface area contributed by atoms with E-state index in [1.807, 2.05) is 32.9 Å². The first kappa shape index (κ1) is 21.6. The van der Waals surface area contributed by atoms with Crippen LogP contribution in [-0.2, 0) is 0 Å². The highest BCUT2D eigenvalue weighted by molar-refractivity contribution is 6.07. The van der Waals surface area contributed by atoms with Crippen LogP contribution in [0.5, 0.6) is 0 Å². The van der Waals surface area contributed by atoms with Crippen LogP contribution in [0.4, 0.5) is 0 Å². The summed E-state index contributed by atoms with van der Waals surface area (Å²) in [4.78, 5) is 20.2. The molecule has 0 spiro atoms. The lowest BCUT2D eigenvalue weighted by atomic mass is 9.99. The number of nitrogens with one attached hydrogen (secondary N) is 1. The zero-order chi connectivity index (χ0) is 22.0. The van der Waals surface area contributed by atoms with Crippen LogP contribution in [0.25, 0.3) is 22.4 Å². The third kappa shape index (κ3) is 4.82. The smallest absolute Gasteiger partial charge is 0.259 e. The van der Waals surface area contributed by atoms with E-state index < -0.39 is 0 Å². The largest absolute Gasteiger partial charge is 0.466 e. The minimum Gasteiger partial charge on any atom is -0.466 e. The summed E-state index contributed by atoms with van der Waals surface area (Å²) in [6, 6.07) is 3.74. The Morgan fingerprint density at radius 2 is 1.97 bits per heavy atom. The molecule has 1 aliphatic rings. The van der Waals surface area contributed by atoms with Crippen molar-refractivity contribution in [3.63, 3.8) is 0 Å². The molecule has 7 heteroatoms. The van der Waals surface area contributed by atoms with Gasteiger partial charge in [-0.1, -0.05) is 12.1 Å². The molecule has 4 heterocycles. The van der Waals surface area contributed by atoms with E-state index in [9.17, 15) is 4.79 Å². The maximum atomic E-state index is 13.0. The molecule has 1 aliphatic heterocycles. The van der Waals surface area contributed by atoms with Gasteiger partial charge in [0.2, 0.25) is 0 Å². The molecular formula is C24H32N4O3. The topological polar surface area (TPSA) is 84.4 Å². The highest BCUT2D eigenvalue weighted by atomic mass is 16.5. The highest BCUT2D eigenvalue weighted by Crippen LogP contribution is 2.30. The van der Waals surface area contributed by atoms with Crippen LogP contribution in [-0.4, -0.2) is 47.1 Å². The summed E-state index contributed by atoms with van der Waals surface area (Å²) < 4.78 is 11.0. The van der Waals surface area contributed by atoms with Crippen molar-refractivity contribution in [2.45, 2.75) is 53.4 Å². The molecule has 0 aromatic carbocycles. The Hall–Kier alpha value is -2.67. The number of likely N-dealkylation sites (tertiary alicyclic amines) is 1. The number of carbonyl (C=O) groups is 1. The molecule has 0 atom stereocenters. The van der Waals surface area contributed by atoms with E-state index in [-0.39, 0.29) is 5.91 Å². The van der Waals surface area contributed by atoms with Crippen LogP contribution in [0.1, 0.15) is 60.2 Å². The van der Waals surface area contributed by atoms with Gasteiger partial charge in [0.1, 0.15) is 11.5 Å². The second-order valence-corrected chi connectivity index (χ2v) is 8.82. The SMILES string of the molecule is Cc1cc(-c2cc(C(=O)NCCCCN3CCC(C)CC3)c3c(C)noc3n2)c(C)o1. The van der Waals surface area contributed by atoms with Crippen molar-refractivity contribution >= 4 is 17.0 Å². The highest BCUT2D eigenvalue weighted by Gasteiger charge is 2.21.